The van der Waals surface area contributed by atoms with Crippen molar-refractivity contribution >= 4 is 46.0 Å². The molecule has 3 N–H and O–H groups in total. The molecule has 2 fully saturated rings. The van der Waals surface area contributed by atoms with E-state index in [2.05, 4.69) is 25.8 Å². The lowest BCUT2D eigenvalue weighted by atomic mass is 9.89. The number of hydrogen-bond acceptors (Lipinski definition) is 7. The average Bonchev–Trinajstić information content (AvgIpc) is 3.46. The van der Waals surface area contributed by atoms with Crippen molar-refractivity contribution in [2.45, 2.75) is 57.3 Å². The molecule has 2 saturated heterocycles. The van der Waals surface area contributed by atoms with E-state index in [4.69, 9.17) is 0 Å². The zero-order valence-corrected chi connectivity index (χ0v) is 23.4. The number of aliphatic hydroxyl groups is 1. The van der Waals surface area contributed by atoms with Gasteiger partial charge in [-0.15, -0.1) is 11.3 Å². The summed E-state index contributed by atoms with van der Waals surface area (Å²) in [5.41, 5.74) is 4.94. The van der Waals surface area contributed by atoms with E-state index in [9.17, 15) is 14.7 Å². The molecule has 2 aliphatic rings. The van der Waals surface area contributed by atoms with Crippen LogP contribution in [0.15, 0.2) is 29.8 Å². The number of aliphatic hydroxyl groups excluding tert-OH is 1. The minimum atomic E-state index is -0.695. The Morgan fingerprint density at radius 1 is 1.23 bits per heavy atom. The molecule has 1 aromatic heterocycles. The maximum Gasteiger partial charge on any atom is 0.243 e. The number of likely N-dealkylation sites (tertiary alicyclic amines) is 2. The van der Waals surface area contributed by atoms with E-state index in [0.717, 1.165) is 47.6 Å². The van der Waals surface area contributed by atoms with Gasteiger partial charge in [-0.1, -0.05) is 24.3 Å². The molecule has 1 aromatic carbocycles. The van der Waals surface area contributed by atoms with E-state index < -0.39 is 12.1 Å². The molecule has 10 heteroatoms. The molecule has 3 heterocycles. The molecule has 2 aromatic rings. The van der Waals surface area contributed by atoms with Crippen molar-refractivity contribution in [1.29, 1.82) is 0 Å². The van der Waals surface area contributed by atoms with Crippen LogP contribution in [0.5, 0.6) is 0 Å². The Kier molecular flexibility index (Phi) is 8.80. The number of β-amino-alcohol motifs (C(OH)–C–C–N with tert-alkyl or cyclic N) is 1. The van der Waals surface area contributed by atoms with Crippen molar-refractivity contribution in [1.82, 2.24) is 23.6 Å². The SMILES string of the molecule is Cc1ncsc1-c1ccc([C@@H](C)NC(=O)[C@@H]2C[C@@H](O)CN2C(=O)[C@H](NI)C2CCN(C)CC2)cc1. The first-order chi connectivity index (χ1) is 16.8. The first kappa shape index (κ1) is 26.5. The summed E-state index contributed by atoms with van der Waals surface area (Å²) in [7, 11) is 2.09. The Balaban J connectivity index is 1.41. The first-order valence-electron chi connectivity index (χ1n) is 12.1. The van der Waals surface area contributed by atoms with Crippen LogP contribution in [0.2, 0.25) is 0 Å². The minimum absolute atomic E-state index is 0.0948. The zero-order valence-electron chi connectivity index (χ0n) is 20.4. The summed E-state index contributed by atoms with van der Waals surface area (Å²) >= 11 is 3.66. The Hall–Kier alpha value is -1.60. The van der Waals surface area contributed by atoms with E-state index in [1.165, 1.54) is 0 Å². The normalized spacial score (nSPS) is 23.3. The highest BCUT2D eigenvalue weighted by atomic mass is 127. The van der Waals surface area contributed by atoms with Crippen molar-refractivity contribution in [3.05, 3.63) is 41.0 Å². The summed E-state index contributed by atoms with van der Waals surface area (Å²) in [5.74, 6) is -0.0976. The third-order valence-electron chi connectivity index (χ3n) is 7.26. The number of rotatable bonds is 7. The van der Waals surface area contributed by atoms with Crippen LogP contribution in [-0.4, -0.2) is 76.6 Å². The van der Waals surface area contributed by atoms with E-state index in [1.807, 2.05) is 66.5 Å². The fourth-order valence-corrected chi connectivity index (χ4v) is 6.67. The van der Waals surface area contributed by atoms with Gasteiger partial charge in [-0.05, 0) is 63.9 Å². The van der Waals surface area contributed by atoms with Gasteiger partial charge in [0.15, 0.2) is 0 Å². The number of hydrogen-bond donors (Lipinski definition) is 3. The van der Waals surface area contributed by atoms with Gasteiger partial charge < -0.3 is 20.2 Å². The number of piperidine rings is 1. The molecule has 190 valence electrons. The van der Waals surface area contributed by atoms with Crippen molar-refractivity contribution in [2.75, 3.05) is 26.7 Å². The number of thiazole rings is 1. The number of aryl methyl sites for hydroxylation is 1. The summed E-state index contributed by atoms with van der Waals surface area (Å²) in [4.78, 5) is 36.1. The van der Waals surface area contributed by atoms with Gasteiger partial charge in [0.25, 0.3) is 0 Å². The van der Waals surface area contributed by atoms with Crippen molar-refractivity contribution < 1.29 is 14.7 Å². The largest absolute Gasteiger partial charge is 0.391 e. The van der Waals surface area contributed by atoms with Crippen LogP contribution >= 0.6 is 34.2 Å². The van der Waals surface area contributed by atoms with Gasteiger partial charge >= 0.3 is 0 Å². The van der Waals surface area contributed by atoms with Crippen LogP contribution in [-0.2, 0) is 9.59 Å². The van der Waals surface area contributed by atoms with E-state index >= 15 is 0 Å². The molecule has 35 heavy (non-hydrogen) atoms. The number of carbonyl (C=O) groups excluding carboxylic acids is 2. The third kappa shape index (κ3) is 6.04. The number of amides is 2. The number of benzene rings is 1. The van der Waals surface area contributed by atoms with Crippen LogP contribution in [0.4, 0.5) is 0 Å². The number of nitrogens with one attached hydrogen (secondary N) is 2. The molecule has 2 aliphatic heterocycles. The summed E-state index contributed by atoms with van der Waals surface area (Å²) in [6, 6.07) is 6.88. The van der Waals surface area contributed by atoms with Crippen LogP contribution in [0, 0.1) is 12.8 Å². The highest BCUT2D eigenvalue weighted by Gasteiger charge is 2.43. The topological polar surface area (TPSA) is 97.8 Å². The molecule has 0 saturated carbocycles. The van der Waals surface area contributed by atoms with Gasteiger partial charge in [0.05, 0.1) is 34.3 Å². The van der Waals surface area contributed by atoms with Crippen LogP contribution in [0.25, 0.3) is 10.4 Å². The fraction of sp³-hybridized carbons (Fsp3) is 0.560. The summed E-state index contributed by atoms with van der Waals surface area (Å²) in [6.07, 6.45) is 1.43. The van der Waals surface area contributed by atoms with Gasteiger partial charge in [-0.3, -0.25) is 9.59 Å². The highest BCUT2D eigenvalue weighted by Crippen LogP contribution is 2.29. The molecule has 0 radical (unpaired) electrons. The van der Waals surface area contributed by atoms with Crippen LogP contribution < -0.4 is 8.85 Å². The van der Waals surface area contributed by atoms with Crippen LogP contribution in [0.1, 0.15) is 43.5 Å². The number of carbonyl (C=O) groups is 2. The second kappa shape index (κ2) is 11.6. The monoisotopic (exact) mass is 611 g/mol. The highest BCUT2D eigenvalue weighted by molar-refractivity contribution is 14.1. The standard InChI is InChI=1S/C25H34IN5O3S/c1-15(17-4-6-19(7-5-17)23-16(2)27-14-35-23)28-24(33)21-12-20(32)13-31(21)25(34)22(29-26)18-8-10-30(3)11-9-18/h4-7,14-15,18,20-22,29,32H,8-13H2,1-3H3,(H,28,33)/t15-,20-,21+,22-/m1/s1. The Morgan fingerprint density at radius 2 is 1.91 bits per heavy atom. The van der Waals surface area contributed by atoms with Gasteiger partial charge in [-0.2, -0.15) is 0 Å². The third-order valence-corrected chi connectivity index (χ3v) is 8.91. The lowest BCUT2D eigenvalue weighted by Crippen LogP contribution is -2.54. The predicted octanol–water partition coefficient (Wildman–Crippen LogP) is 2.91. The predicted molar refractivity (Wildman–Crippen MR) is 146 cm³/mol. The molecule has 8 nitrogen and oxygen atoms in total. The molecule has 2 amide bonds. The molecule has 4 rings (SSSR count). The van der Waals surface area contributed by atoms with Crippen molar-refractivity contribution in [2.24, 2.45) is 5.92 Å². The Bertz CT molecular complexity index is 1020. The number of nitrogens with zero attached hydrogens (tertiary/aromatic N) is 3. The molecule has 0 bridgehead atoms. The second-order valence-corrected chi connectivity index (χ2v) is 11.2. The minimum Gasteiger partial charge on any atom is -0.391 e. The van der Waals surface area contributed by atoms with Crippen molar-refractivity contribution in [3.8, 4) is 10.4 Å². The number of halogens is 1. The molecule has 0 aliphatic carbocycles. The van der Waals surface area contributed by atoms with E-state index in [0.29, 0.717) is 0 Å². The molecule has 0 unspecified atom stereocenters. The maximum atomic E-state index is 13.5. The van der Waals surface area contributed by atoms with E-state index in [1.54, 1.807) is 16.2 Å². The molecular formula is C25H34IN5O3S. The van der Waals surface area contributed by atoms with Gasteiger partial charge in [0.1, 0.15) is 6.04 Å². The molecule has 4 atom stereocenters. The molecule has 0 spiro atoms. The van der Waals surface area contributed by atoms with Gasteiger partial charge in [-0.25, -0.2) is 8.51 Å². The summed E-state index contributed by atoms with van der Waals surface area (Å²) < 4.78 is 3.17. The van der Waals surface area contributed by atoms with Gasteiger partial charge in [0.2, 0.25) is 11.8 Å². The van der Waals surface area contributed by atoms with Gasteiger partial charge in [0, 0.05) is 35.8 Å². The van der Waals surface area contributed by atoms with Crippen LogP contribution in [0.3, 0.4) is 0 Å². The lowest BCUT2D eigenvalue weighted by Gasteiger charge is -2.36. The second-order valence-electron chi connectivity index (χ2n) is 9.74. The Labute approximate surface area is 225 Å². The zero-order chi connectivity index (χ0) is 25.1. The fourth-order valence-electron chi connectivity index (χ4n) is 5.08. The molecular weight excluding hydrogens is 577 g/mol. The smallest absolute Gasteiger partial charge is 0.243 e. The summed E-state index contributed by atoms with van der Waals surface area (Å²) in [6.45, 7) is 6.04. The van der Waals surface area contributed by atoms with E-state index in [-0.39, 0.29) is 42.8 Å². The quantitative estimate of drug-likeness (QED) is 0.329. The Morgan fingerprint density at radius 3 is 2.51 bits per heavy atom. The number of aromatic nitrogens is 1. The average molecular weight is 612 g/mol. The maximum absolute atomic E-state index is 13.5. The summed E-state index contributed by atoms with van der Waals surface area (Å²) in [5, 5.41) is 13.4. The first-order valence-corrected chi connectivity index (χ1v) is 14.1. The lowest BCUT2D eigenvalue weighted by molar-refractivity contribution is -0.141. The van der Waals surface area contributed by atoms with Crippen molar-refractivity contribution in [3.63, 3.8) is 0 Å².